The molecule has 7 heteroatoms. The zero-order valence-electron chi connectivity index (χ0n) is 10.9. The first kappa shape index (κ1) is 14.1. The lowest BCUT2D eigenvalue weighted by atomic mass is 10.1. The fourth-order valence-electron chi connectivity index (χ4n) is 2.32. The van der Waals surface area contributed by atoms with E-state index in [4.69, 9.17) is 15.6 Å². The molecule has 0 aliphatic carbocycles. The first-order valence-corrected chi connectivity index (χ1v) is 7.66. The van der Waals surface area contributed by atoms with E-state index in [-0.39, 0.29) is 11.0 Å². The van der Waals surface area contributed by atoms with Gasteiger partial charge in [0, 0.05) is 31.6 Å². The summed E-state index contributed by atoms with van der Waals surface area (Å²) in [7, 11) is -2.06. The summed E-state index contributed by atoms with van der Waals surface area (Å²) in [6, 6.07) is 4.69. The zero-order valence-corrected chi connectivity index (χ0v) is 11.7. The molecular weight excluding hydrogens is 266 g/mol. The maximum absolute atomic E-state index is 11.4. The molecule has 1 heterocycles. The highest BCUT2D eigenvalue weighted by atomic mass is 32.2. The molecule has 1 aliphatic rings. The molecule has 0 saturated carbocycles. The average Bonchev–Trinajstić information content (AvgIpc) is 2.37. The molecule has 0 bridgehead atoms. The molecule has 2 rings (SSSR count). The van der Waals surface area contributed by atoms with Gasteiger partial charge in [-0.3, -0.25) is 0 Å². The molecule has 1 aliphatic heterocycles. The van der Waals surface area contributed by atoms with Crippen LogP contribution in [0.1, 0.15) is 12.8 Å². The maximum Gasteiger partial charge on any atom is 0.238 e. The van der Waals surface area contributed by atoms with Gasteiger partial charge in [0.05, 0.1) is 11.0 Å². The van der Waals surface area contributed by atoms with Crippen molar-refractivity contribution in [1.29, 1.82) is 0 Å². The van der Waals surface area contributed by atoms with Crippen LogP contribution in [0.2, 0.25) is 0 Å². The molecule has 0 amide bonds. The van der Waals surface area contributed by atoms with Crippen LogP contribution >= 0.6 is 0 Å². The Morgan fingerprint density at radius 1 is 1.37 bits per heavy atom. The van der Waals surface area contributed by atoms with E-state index in [0.29, 0.717) is 5.69 Å². The van der Waals surface area contributed by atoms with Gasteiger partial charge in [-0.1, -0.05) is 0 Å². The van der Waals surface area contributed by atoms with Gasteiger partial charge in [-0.25, -0.2) is 13.6 Å². The summed E-state index contributed by atoms with van der Waals surface area (Å²) >= 11 is 0. The van der Waals surface area contributed by atoms with Crippen LogP contribution in [-0.2, 0) is 14.8 Å². The third kappa shape index (κ3) is 3.37. The number of hydrogen-bond donors (Lipinski definition) is 2. The number of piperidine rings is 1. The summed E-state index contributed by atoms with van der Waals surface area (Å²) in [5.41, 5.74) is 6.91. The Bertz CT molecular complexity index is 559. The van der Waals surface area contributed by atoms with Crippen molar-refractivity contribution in [3.05, 3.63) is 18.2 Å². The Hall–Kier alpha value is -1.31. The maximum atomic E-state index is 11.4. The van der Waals surface area contributed by atoms with Gasteiger partial charge in [0.15, 0.2) is 0 Å². The third-order valence-electron chi connectivity index (χ3n) is 3.32. The highest BCUT2D eigenvalue weighted by Gasteiger charge is 2.21. The van der Waals surface area contributed by atoms with Gasteiger partial charge in [-0.2, -0.15) is 0 Å². The number of methoxy groups -OCH3 is 1. The molecule has 0 spiro atoms. The molecule has 4 N–H and O–H groups in total. The number of nitrogens with zero attached hydrogens (tertiary/aromatic N) is 1. The van der Waals surface area contributed by atoms with E-state index in [1.165, 1.54) is 6.07 Å². The first-order chi connectivity index (χ1) is 8.90. The summed E-state index contributed by atoms with van der Waals surface area (Å²) in [4.78, 5) is 2.12. The van der Waals surface area contributed by atoms with Crippen LogP contribution in [0.25, 0.3) is 0 Å². The summed E-state index contributed by atoms with van der Waals surface area (Å²) in [5.74, 6) is 0. The van der Waals surface area contributed by atoms with Crippen molar-refractivity contribution in [2.45, 2.75) is 23.8 Å². The number of nitrogen functional groups attached to an aromatic ring is 1. The first-order valence-electron chi connectivity index (χ1n) is 6.11. The van der Waals surface area contributed by atoms with Crippen molar-refractivity contribution < 1.29 is 13.2 Å². The molecule has 6 nitrogen and oxygen atoms in total. The fraction of sp³-hybridized carbons (Fsp3) is 0.500. The predicted octanol–water partition coefficient (Wildman–Crippen LogP) is 0.531. The van der Waals surface area contributed by atoms with Gasteiger partial charge in [-0.15, -0.1) is 0 Å². The molecule has 0 radical (unpaired) electrons. The van der Waals surface area contributed by atoms with Crippen LogP contribution in [0.15, 0.2) is 23.1 Å². The van der Waals surface area contributed by atoms with E-state index >= 15 is 0 Å². The van der Waals surface area contributed by atoms with Crippen LogP contribution < -0.4 is 15.8 Å². The highest BCUT2D eigenvalue weighted by molar-refractivity contribution is 7.89. The molecule has 106 valence electrons. The average molecular weight is 285 g/mol. The van der Waals surface area contributed by atoms with Crippen molar-refractivity contribution in [2.75, 3.05) is 30.8 Å². The zero-order chi connectivity index (χ0) is 14.0. The Morgan fingerprint density at radius 3 is 2.74 bits per heavy atom. The molecular formula is C12H19N3O3S. The molecule has 1 fully saturated rings. The van der Waals surface area contributed by atoms with Gasteiger partial charge >= 0.3 is 0 Å². The number of rotatable bonds is 3. The standard InChI is InChI=1S/C12H19N3O3S/c1-18-11-3-2-4-15(8-11)10-5-9(13)6-12(7-10)19(14,16)17/h5-7,11H,2-4,8,13H2,1H3,(H2,14,16,17). The number of benzene rings is 1. The number of nitrogens with two attached hydrogens (primary N) is 2. The number of hydrogen-bond acceptors (Lipinski definition) is 5. The Balaban J connectivity index is 2.32. The molecule has 0 aromatic heterocycles. The Labute approximate surface area is 113 Å². The summed E-state index contributed by atoms with van der Waals surface area (Å²) in [5, 5.41) is 5.15. The van der Waals surface area contributed by atoms with E-state index in [1.807, 2.05) is 0 Å². The molecule has 1 aromatic carbocycles. The van der Waals surface area contributed by atoms with E-state index in [1.54, 1.807) is 19.2 Å². The fourth-order valence-corrected chi connectivity index (χ4v) is 2.90. The lowest BCUT2D eigenvalue weighted by molar-refractivity contribution is 0.0893. The minimum atomic E-state index is -3.74. The van der Waals surface area contributed by atoms with Gasteiger partial charge in [0.25, 0.3) is 0 Å². The van der Waals surface area contributed by atoms with Crippen LogP contribution in [-0.4, -0.2) is 34.7 Å². The number of primary sulfonamides is 1. The lowest BCUT2D eigenvalue weighted by Gasteiger charge is -2.34. The Morgan fingerprint density at radius 2 is 2.11 bits per heavy atom. The number of sulfonamides is 1. The van der Waals surface area contributed by atoms with Crippen molar-refractivity contribution in [3.63, 3.8) is 0 Å². The van der Waals surface area contributed by atoms with Crippen molar-refractivity contribution in [2.24, 2.45) is 5.14 Å². The molecule has 1 saturated heterocycles. The lowest BCUT2D eigenvalue weighted by Crippen LogP contribution is -2.39. The quantitative estimate of drug-likeness (QED) is 0.789. The van der Waals surface area contributed by atoms with Crippen molar-refractivity contribution >= 4 is 21.4 Å². The molecule has 1 aromatic rings. The molecule has 1 atom stereocenters. The van der Waals surface area contributed by atoms with Gasteiger partial charge in [0.1, 0.15) is 0 Å². The van der Waals surface area contributed by atoms with Crippen LogP contribution in [0.3, 0.4) is 0 Å². The normalized spacial score (nSPS) is 20.5. The van der Waals surface area contributed by atoms with E-state index in [9.17, 15) is 8.42 Å². The van der Waals surface area contributed by atoms with Crippen LogP contribution in [0, 0.1) is 0 Å². The summed E-state index contributed by atoms with van der Waals surface area (Å²) in [6.45, 7) is 1.58. The molecule has 1 unspecified atom stereocenters. The predicted molar refractivity (Wildman–Crippen MR) is 74.5 cm³/mol. The van der Waals surface area contributed by atoms with Gasteiger partial charge < -0.3 is 15.4 Å². The Kier molecular flexibility index (Phi) is 3.98. The topological polar surface area (TPSA) is 98.7 Å². The van der Waals surface area contributed by atoms with E-state index in [2.05, 4.69) is 4.90 Å². The number of anilines is 2. The SMILES string of the molecule is COC1CCCN(c2cc(N)cc(S(N)(=O)=O)c2)C1. The van der Waals surface area contributed by atoms with Crippen LogP contribution in [0.4, 0.5) is 11.4 Å². The second kappa shape index (κ2) is 5.36. The third-order valence-corrected chi connectivity index (χ3v) is 4.21. The van der Waals surface area contributed by atoms with E-state index < -0.39 is 10.0 Å². The largest absolute Gasteiger partial charge is 0.399 e. The van der Waals surface area contributed by atoms with E-state index in [0.717, 1.165) is 31.6 Å². The van der Waals surface area contributed by atoms with Crippen molar-refractivity contribution in [1.82, 2.24) is 0 Å². The molecule has 19 heavy (non-hydrogen) atoms. The minimum absolute atomic E-state index is 0.0436. The second-order valence-corrected chi connectivity index (χ2v) is 6.31. The number of ether oxygens (including phenoxy) is 1. The van der Waals surface area contributed by atoms with Gasteiger partial charge in [-0.05, 0) is 31.0 Å². The monoisotopic (exact) mass is 285 g/mol. The van der Waals surface area contributed by atoms with Crippen LogP contribution in [0.5, 0.6) is 0 Å². The van der Waals surface area contributed by atoms with Crippen molar-refractivity contribution in [3.8, 4) is 0 Å². The summed E-state index contributed by atoms with van der Waals surface area (Å²) in [6.07, 6.45) is 2.17. The smallest absolute Gasteiger partial charge is 0.238 e. The summed E-state index contributed by atoms with van der Waals surface area (Å²) < 4.78 is 28.2. The highest BCUT2D eigenvalue weighted by Crippen LogP contribution is 2.26. The second-order valence-electron chi connectivity index (χ2n) is 4.75. The minimum Gasteiger partial charge on any atom is -0.399 e. The van der Waals surface area contributed by atoms with Gasteiger partial charge in [0.2, 0.25) is 10.0 Å².